The fraction of sp³-hybridized carbons (Fsp3) is 0.378. The molecule has 0 heterocycles. The van der Waals surface area contributed by atoms with E-state index in [1.807, 2.05) is 50.2 Å². The molecule has 0 bridgehead atoms. The molecule has 12 nitrogen and oxygen atoms in total. The molecule has 3 aromatic rings. The van der Waals surface area contributed by atoms with Crippen LogP contribution in [0.4, 0.5) is 20.1 Å². The highest BCUT2D eigenvalue weighted by atomic mass is 16.6. The van der Waals surface area contributed by atoms with E-state index in [4.69, 9.17) is 20.9 Å². The van der Waals surface area contributed by atoms with Crippen molar-refractivity contribution in [2.75, 3.05) is 18.5 Å². The van der Waals surface area contributed by atoms with Crippen LogP contribution in [-0.2, 0) is 25.7 Å². The Kier molecular flexibility index (Phi) is 12.4. The molecule has 49 heavy (non-hydrogen) atoms. The quantitative estimate of drug-likeness (QED) is 0.133. The second-order valence-corrected chi connectivity index (χ2v) is 12.7. The Labute approximate surface area is 286 Å². The first kappa shape index (κ1) is 36.4. The number of fused-ring (bicyclic) bond motifs is 3. The Bertz CT molecular complexity index is 1640. The van der Waals surface area contributed by atoms with E-state index in [0.717, 1.165) is 33.4 Å². The molecule has 4 rings (SSSR count). The number of ether oxygens (including phenoxy) is 2. The number of ketones is 1. The summed E-state index contributed by atoms with van der Waals surface area (Å²) in [5, 5.41) is 8.21. The van der Waals surface area contributed by atoms with Crippen molar-refractivity contribution in [3.8, 4) is 11.1 Å². The van der Waals surface area contributed by atoms with Gasteiger partial charge in [-0.3, -0.25) is 9.59 Å². The molecule has 12 heteroatoms. The Balaban J connectivity index is 1.43. The van der Waals surface area contributed by atoms with Gasteiger partial charge < -0.3 is 36.9 Å². The molecule has 0 saturated heterocycles. The fourth-order valence-electron chi connectivity index (χ4n) is 6.36. The zero-order valence-electron chi connectivity index (χ0n) is 28.3. The van der Waals surface area contributed by atoms with E-state index < -0.39 is 30.2 Å². The van der Waals surface area contributed by atoms with Gasteiger partial charge in [0.1, 0.15) is 13.2 Å². The molecule has 0 aromatic heterocycles. The van der Waals surface area contributed by atoms with Crippen molar-refractivity contribution in [2.24, 2.45) is 23.3 Å². The number of Topliss-reactive ketones (excluding diaryl/α,β-unsaturated/α-hetero) is 1. The zero-order chi connectivity index (χ0) is 35.7. The predicted octanol–water partition coefficient (Wildman–Crippen LogP) is 5.42. The average Bonchev–Trinajstić information content (AvgIpc) is 3.37. The predicted molar refractivity (Wildman–Crippen MR) is 186 cm³/mol. The van der Waals surface area contributed by atoms with Gasteiger partial charge in [-0.15, -0.1) is 0 Å². The zero-order valence-corrected chi connectivity index (χ0v) is 28.3. The van der Waals surface area contributed by atoms with Gasteiger partial charge in [0.25, 0.3) is 0 Å². The summed E-state index contributed by atoms with van der Waals surface area (Å²) in [4.78, 5) is 62.8. The number of nitrogens with two attached hydrogens (primary N) is 2. The highest BCUT2D eigenvalue weighted by Gasteiger charge is 2.32. The molecule has 7 N–H and O–H groups in total. The molecule has 3 aromatic carbocycles. The van der Waals surface area contributed by atoms with Crippen molar-refractivity contribution in [3.63, 3.8) is 0 Å². The van der Waals surface area contributed by atoms with Crippen molar-refractivity contribution in [1.82, 2.24) is 10.6 Å². The number of alkyl carbamates (subject to hydrolysis) is 1. The number of benzene rings is 3. The molecule has 0 saturated carbocycles. The average molecular weight is 672 g/mol. The molecule has 0 fully saturated rings. The third kappa shape index (κ3) is 9.59. The van der Waals surface area contributed by atoms with Crippen LogP contribution in [-0.4, -0.2) is 49.1 Å². The van der Waals surface area contributed by atoms with Crippen LogP contribution >= 0.6 is 0 Å². The molecule has 0 aliphatic heterocycles. The number of amides is 5. The number of hydrogen-bond acceptors (Lipinski definition) is 7. The van der Waals surface area contributed by atoms with Crippen LogP contribution in [0.5, 0.6) is 0 Å². The number of nitrogens with one attached hydrogen (secondary N) is 3. The van der Waals surface area contributed by atoms with E-state index in [9.17, 15) is 24.0 Å². The number of rotatable bonds is 15. The van der Waals surface area contributed by atoms with Crippen molar-refractivity contribution in [3.05, 3.63) is 88.5 Å². The van der Waals surface area contributed by atoms with E-state index in [-0.39, 0.29) is 56.1 Å². The molecule has 2 atom stereocenters. The van der Waals surface area contributed by atoms with Gasteiger partial charge in [0.15, 0.2) is 5.78 Å². The minimum atomic E-state index is -0.900. The number of carbonyl (C=O) groups excluding carboxylic acids is 5. The van der Waals surface area contributed by atoms with Crippen LogP contribution in [0.1, 0.15) is 66.8 Å². The summed E-state index contributed by atoms with van der Waals surface area (Å²) >= 11 is 0. The fourth-order valence-corrected chi connectivity index (χ4v) is 6.36. The van der Waals surface area contributed by atoms with Gasteiger partial charge in [-0.1, -0.05) is 74.5 Å². The summed E-state index contributed by atoms with van der Waals surface area (Å²) in [6, 6.07) is 18.0. The first-order chi connectivity index (χ1) is 23.3. The normalized spacial score (nSPS) is 13.1. The topological polar surface area (TPSA) is 192 Å². The number of primary amides is 2. The van der Waals surface area contributed by atoms with Gasteiger partial charge in [0.05, 0.1) is 6.04 Å². The van der Waals surface area contributed by atoms with Gasteiger partial charge in [0, 0.05) is 30.5 Å². The van der Waals surface area contributed by atoms with Crippen molar-refractivity contribution in [2.45, 2.75) is 65.5 Å². The van der Waals surface area contributed by atoms with Crippen LogP contribution in [0.2, 0.25) is 0 Å². The highest BCUT2D eigenvalue weighted by molar-refractivity contribution is 5.98. The number of carbonyl (C=O) groups is 5. The lowest BCUT2D eigenvalue weighted by atomic mass is 9.89. The molecular formula is C37H45N5O7. The Morgan fingerprint density at radius 1 is 0.857 bits per heavy atom. The number of hydrogen-bond donors (Lipinski definition) is 5. The summed E-state index contributed by atoms with van der Waals surface area (Å²) in [6.07, 6.45) is -1.10. The summed E-state index contributed by atoms with van der Waals surface area (Å²) in [5.41, 5.74) is 17.4. The van der Waals surface area contributed by atoms with Gasteiger partial charge in [-0.25, -0.2) is 14.4 Å². The molecule has 1 aliphatic rings. The first-order valence-corrected chi connectivity index (χ1v) is 16.4. The minimum absolute atomic E-state index is 0.0114. The Morgan fingerprint density at radius 2 is 1.45 bits per heavy atom. The third-order valence-corrected chi connectivity index (χ3v) is 8.70. The van der Waals surface area contributed by atoms with Gasteiger partial charge in [-0.2, -0.15) is 0 Å². The summed E-state index contributed by atoms with van der Waals surface area (Å²) in [7, 11) is 0. The largest absolute Gasteiger partial charge is 0.449 e. The molecule has 260 valence electrons. The maximum Gasteiger partial charge on any atom is 0.407 e. The van der Waals surface area contributed by atoms with Gasteiger partial charge in [-0.05, 0) is 71.6 Å². The van der Waals surface area contributed by atoms with Crippen LogP contribution in [0.3, 0.4) is 0 Å². The first-order valence-electron chi connectivity index (χ1n) is 16.4. The lowest BCUT2D eigenvalue weighted by Gasteiger charge is -2.24. The molecule has 5 amide bonds. The van der Waals surface area contributed by atoms with Crippen LogP contribution in [0.15, 0.2) is 60.7 Å². The summed E-state index contributed by atoms with van der Waals surface area (Å²) in [6.45, 7) is 7.56. The van der Waals surface area contributed by atoms with Gasteiger partial charge >= 0.3 is 18.2 Å². The van der Waals surface area contributed by atoms with E-state index >= 15 is 0 Å². The van der Waals surface area contributed by atoms with E-state index in [1.165, 1.54) is 0 Å². The van der Waals surface area contributed by atoms with Crippen molar-refractivity contribution < 1.29 is 33.4 Å². The maximum atomic E-state index is 13.7. The van der Waals surface area contributed by atoms with Crippen molar-refractivity contribution >= 4 is 35.6 Å². The Morgan fingerprint density at radius 3 is 2.00 bits per heavy atom. The maximum absolute atomic E-state index is 13.7. The highest BCUT2D eigenvalue weighted by Crippen LogP contribution is 2.44. The lowest BCUT2D eigenvalue weighted by molar-refractivity contribution is -0.128. The molecule has 0 spiro atoms. The van der Waals surface area contributed by atoms with E-state index in [1.54, 1.807) is 26.0 Å². The SMILES string of the molecule is Cc1cc(COC(N)=O)cc(C)c1NC(=O)[C@H](CCCNC(N)=O)CC(=O)[C@@H](NC(=O)OCC1c2ccccc2-c2ccccc21)C(C)C. The number of anilines is 1. The van der Waals surface area contributed by atoms with Crippen LogP contribution in [0, 0.1) is 25.7 Å². The smallest absolute Gasteiger partial charge is 0.407 e. The van der Waals surface area contributed by atoms with Crippen LogP contribution in [0.25, 0.3) is 11.1 Å². The lowest BCUT2D eigenvalue weighted by Crippen LogP contribution is -2.46. The Hall–Kier alpha value is -5.39. The van der Waals surface area contributed by atoms with E-state index in [0.29, 0.717) is 17.7 Å². The minimum Gasteiger partial charge on any atom is -0.449 e. The summed E-state index contributed by atoms with van der Waals surface area (Å²) < 4.78 is 10.6. The number of aryl methyl sites for hydroxylation is 2. The van der Waals surface area contributed by atoms with Crippen molar-refractivity contribution in [1.29, 1.82) is 0 Å². The van der Waals surface area contributed by atoms with Crippen LogP contribution < -0.4 is 27.4 Å². The van der Waals surface area contributed by atoms with E-state index in [2.05, 4.69) is 28.1 Å². The second kappa shape index (κ2) is 16.6. The third-order valence-electron chi connectivity index (χ3n) is 8.70. The monoisotopic (exact) mass is 671 g/mol. The standard InChI is InChI=1S/C37H45N5O7/c1-21(2)32(42-37(47)49-20-30-28-13-7-5-11-26(28)27-12-6-8-14-29(27)30)31(43)18-25(10-9-15-40-35(38)45)34(44)41-33-22(3)16-24(17-23(33)4)19-48-36(39)46/h5-8,11-14,16-17,21,25,30,32H,9-10,15,18-20H2,1-4H3,(H2,39,46)(H,41,44)(H,42,47)(H3,38,40,45)/t25-,32+/m1/s1. The molecule has 0 radical (unpaired) electrons. The molecule has 1 aliphatic carbocycles. The number of urea groups is 1. The van der Waals surface area contributed by atoms with Gasteiger partial charge in [0.2, 0.25) is 5.91 Å². The molecular weight excluding hydrogens is 626 g/mol. The molecule has 0 unspecified atom stereocenters. The second-order valence-electron chi connectivity index (χ2n) is 12.7. The summed E-state index contributed by atoms with van der Waals surface area (Å²) in [5.74, 6) is -1.90.